The van der Waals surface area contributed by atoms with Crippen molar-refractivity contribution in [1.29, 1.82) is 0 Å². The summed E-state index contributed by atoms with van der Waals surface area (Å²) in [6, 6.07) is 5.15. The molecule has 2 aromatic carbocycles. The Balaban J connectivity index is 0.00000552. The molecule has 2 aliphatic rings. The van der Waals surface area contributed by atoms with Crippen LogP contribution in [-0.4, -0.2) is 72.2 Å². The van der Waals surface area contributed by atoms with Crippen molar-refractivity contribution in [3.63, 3.8) is 0 Å². The van der Waals surface area contributed by atoms with E-state index >= 15 is 0 Å². The van der Waals surface area contributed by atoms with Crippen LogP contribution in [0.2, 0.25) is 0 Å². The first-order valence-corrected chi connectivity index (χ1v) is 13.8. The van der Waals surface area contributed by atoms with Crippen molar-refractivity contribution in [2.75, 3.05) is 7.11 Å². The summed E-state index contributed by atoms with van der Waals surface area (Å²) >= 11 is 0. The molecule has 0 bridgehead atoms. The molecule has 4 N–H and O–H groups in total. The van der Waals surface area contributed by atoms with Crippen molar-refractivity contribution in [3.8, 4) is 17.2 Å². The third-order valence-corrected chi connectivity index (χ3v) is 7.42. The number of ketones is 1. The Bertz CT molecular complexity index is 1520. The summed E-state index contributed by atoms with van der Waals surface area (Å²) in [7, 11) is 1.36. The number of rotatable bonds is 8. The fourth-order valence-corrected chi connectivity index (χ4v) is 5.15. The molecular formula is C31H35N2NaO11. The number of nitrogens with one attached hydrogen (secondary N) is 1. The summed E-state index contributed by atoms with van der Waals surface area (Å²) in [5.74, 6) is -2.69. The van der Waals surface area contributed by atoms with Gasteiger partial charge in [-0.3, -0.25) is 9.59 Å². The van der Waals surface area contributed by atoms with Crippen LogP contribution >= 0.6 is 0 Å². The van der Waals surface area contributed by atoms with Crippen LogP contribution < -0.4 is 55.2 Å². The number of carbonyl (C=O) groups is 4. The molecule has 1 unspecified atom stereocenters. The summed E-state index contributed by atoms with van der Waals surface area (Å²) in [6.45, 7) is 8.60. The van der Waals surface area contributed by atoms with Crippen LogP contribution in [0.4, 0.5) is 4.79 Å². The van der Waals surface area contributed by atoms with Gasteiger partial charge in [0.1, 0.15) is 17.6 Å². The quantitative estimate of drug-likeness (QED) is 0.104. The van der Waals surface area contributed by atoms with E-state index in [-0.39, 0.29) is 63.5 Å². The zero-order valence-corrected chi connectivity index (χ0v) is 28.2. The number of ether oxygens (including phenoxy) is 5. The number of nitrogens with two attached hydrogens (primary N) is 1. The van der Waals surface area contributed by atoms with Crippen LogP contribution in [0, 0.1) is 6.92 Å². The van der Waals surface area contributed by atoms with Gasteiger partial charge in [-0.05, 0) is 59.2 Å². The molecule has 0 saturated carbocycles. The van der Waals surface area contributed by atoms with Crippen LogP contribution in [0.5, 0.6) is 17.2 Å². The molecule has 0 radical (unpaired) electrons. The number of allylic oxidation sites excluding steroid dienone is 2. The van der Waals surface area contributed by atoms with E-state index in [4.69, 9.17) is 29.4 Å². The van der Waals surface area contributed by atoms with Gasteiger partial charge in [-0.25, -0.2) is 9.59 Å². The number of methoxy groups -OCH3 is 1. The average Bonchev–Trinajstić information content (AvgIpc) is 2.94. The van der Waals surface area contributed by atoms with Crippen molar-refractivity contribution in [2.45, 2.75) is 77.3 Å². The van der Waals surface area contributed by atoms with Gasteiger partial charge in [0, 0.05) is 18.2 Å². The minimum absolute atomic E-state index is 0. The molecule has 236 valence electrons. The summed E-state index contributed by atoms with van der Waals surface area (Å²) in [4.78, 5) is 50.8. The first-order valence-electron chi connectivity index (χ1n) is 13.8. The second kappa shape index (κ2) is 14.3. The molecule has 45 heavy (non-hydrogen) atoms. The number of Topliss-reactive ketones (excluding diaryl/α,β-unsaturated/α-hetero) is 1. The molecule has 2 aromatic rings. The van der Waals surface area contributed by atoms with Crippen LogP contribution in [0.3, 0.4) is 0 Å². The molecule has 0 aromatic heterocycles. The number of aliphatic hydroxyl groups excluding tert-OH is 1. The largest absolute Gasteiger partial charge is 1.00 e. The summed E-state index contributed by atoms with van der Waals surface area (Å²) < 4.78 is 27.8. The summed E-state index contributed by atoms with van der Waals surface area (Å²) in [5, 5.41) is 25.5. The Morgan fingerprint density at radius 1 is 1.18 bits per heavy atom. The monoisotopic (exact) mass is 634 g/mol. The van der Waals surface area contributed by atoms with Crippen LogP contribution in [-0.2, 0) is 25.4 Å². The standard InChI is InChI=1S/C31H36N2O11.Na/c1-14(2)7-8-16-13-17(9-11-19(16)34)27(37)33-21-22(35)18-10-12-20(15(3)24(18)42-28(21)38)41-29-23(36)25(43-30(32)39)26(40-6)31(4,5)44-29;/h7,9-13,21,23,25-26,29,34,36H,8H2,1-6H3,(H2,32,39)(H,33,37);/q;+1/p-1/t21?,23-,25-,26+,29+;/m0./s1. The second-order valence-corrected chi connectivity index (χ2v) is 11.3. The molecule has 14 heteroatoms. The first kappa shape index (κ1) is 36.0. The molecule has 1 saturated heterocycles. The number of aliphatic hydroxyl groups is 1. The number of hydrogen-bond acceptors (Lipinski definition) is 11. The van der Waals surface area contributed by atoms with E-state index in [9.17, 15) is 29.4 Å². The Hall–Kier alpha value is -3.46. The average molecular weight is 635 g/mol. The van der Waals surface area contributed by atoms with Crippen molar-refractivity contribution in [1.82, 2.24) is 5.32 Å². The van der Waals surface area contributed by atoms with E-state index in [0.29, 0.717) is 12.0 Å². The number of esters is 1. The van der Waals surface area contributed by atoms with Crippen molar-refractivity contribution >= 4 is 23.8 Å². The predicted molar refractivity (Wildman–Crippen MR) is 152 cm³/mol. The van der Waals surface area contributed by atoms with Crippen LogP contribution in [0.15, 0.2) is 42.0 Å². The van der Waals surface area contributed by atoms with Crippen molar-refractivity contribution < 1.29 is 82.6 Å². The predicted octanol–water partition coefficient (Wildman–Crippen LogP) is -1.16. The van der Waals surface area contributed by atoms with E-state index in [0.717, 1.165) is 5.57 Å². The fraction of sp³-hybridized carbons (Fsp3) is 0.419. The molecule has 1 fully saturated rings. The van der Waals surface area contributed by atoms with Gasteiger partial charge in [-0.2, -0.15) is 0 Å². The van der Waals surface area contributed by atoms with Crippen LogP contribution in [0.1, 0.15) is 59.5 Å². The van der Waals surface area contributed by atoms with Gasteiger partial charge in [0.05, 0.1) is 11.2 Å². The van der Waals surface area contributed by atoms with Gasteiger partial charge >= 0.3 is 41.6 Å². The smallest absolute Gasteiger partial charge is 0.872 e. The van der Waals surface area contributed by atoms with E-state index in [1.165, 1.54) is 44.4 Å². The van der Waals surface area contributed by atoms with Gasteiger partial charge in [0.2, 0.25) is 6.29 Å². The maximum Gasteiger partial charge on any atom is 1.00 e. The molecule has 4 rings (SSSR count). The zero-order chi connectivity index (χ0) is 32.5. The normalized spacial score (nSPS) is 23.5. The minimum Gasteiger partial charge on any atom is -0.872 e. The van der Waals surface area contributed by atoms with Crippen LogP contribution in [0.25, 0.3) is 0 Å². The number of fused-ring (bicyclic) bond motifs is 1. The van der Waals surface area contributed by atoms with Gasteiger partial charge in [-0.15, -0.1) is 5.75 Å². The molecule has 13 nitrogen and oxygen atoms in total. The Kier molecular flexibility index (Phi) is 11.5. The Morgan fingerprint density at radius 2 is 1.87 bits per heavy atom. The van der Waals surface area contributed by atoms with Gasteiger partial charge in [-0.1, -0.05) is 29.3 Å². The van der Waals surface area contributed by atoms with Gasteiger partial charge < -0.3 is 44.9 Å². The third kappa shape index (κ3) is 7.68. The molecule has 0 aliphatic carbocycles. The molecule has 2 heterocycles. The SMILES string of the molecule is CO[C@@H]1[C@@H](OC(N)=O)[C@H](O)[C@H](Oc2ccc3c(c2C)OC(=O)C(NC(=O)c2ccc([O-])c(CC=C(C)C)c2)C3=O)OC1(C)C.[Na+]. The van der Waals surface area contributed by atoms with Gasteiger partial charge in [0.15, 0.2) is 24.0 Å². The number of carbonyl (C=O) groups excluding carboxylic acids is 4. The number of primary amides is 1. The fourth-order valence-electron chi connectivity index (χ4n) is 5.15. The molecule has 0 spiro atoms. The third-order valence-electron chi connectivity index (χ3n) is 7.42. The number of amides is 2. The zero-order valence-electron chi connectivity index (χ0n) is 26.2. The first-order chi connectivity index (χ1) is 20.6. The van der Waals surface area contributed by atoms with Crippen molar-refractivity contribution in [2.24, 2.45) is 5.73 Å². The minimum atomic E-state index is -1.63. The Morgan fingerprint density at radius 3 is 2.49 bits per heavy atom. The molecule has 2 aliphatic heterocycles. The van der Waals surface area contributed by atoms with Crippen molar-refractivity contribution in [3.05, 3.63) is 64.2 Å². The maximum atomic E-state index is 13.3. The van der Waals surface area contributed by atoms with E-state index < -0.39 is 60.0 Å². The number of benzene rings is 2. The number of hydrogen-bond donors (Lipinski definition) is 3. The van der Waals surface area contributed by atoms with E-state index in [1.807, 2.05) is 19.9 Å². The molecule has 2 amide bonds. The summed E-state index contributed by atoms with van der Waals surface area (Å²) in [5.41, 5.74) is 5.85. The summed E-state index contributed by atoms with van der Waals surface area (Å²) in [6.07, 6.45) is -3.97. The van der Waals surface area contributed by atoms with E-state index in [2.05, 4.69) is 5.32 Å². The van der Waals surface area contributed by atoms with E-state index in [1.54, 1.807) is 13.8 Å². The Labute approximate surface area is 282 Å². The molecular weight excluding hydrogens is 599 g/mol. The molecule has 5 atom stereocenters. The maximum absolute atomic E-state index is 13.3. The van der Waals surface area contributed by atoms with Gasteiger partial charge in [0.25, 0.3) is 5.91 Å². The second-order valence-electron chi connectivity index (χ2n) is 11.3. The topological polar surface area (TPSA) is 196 Å².